The lowest BCUT2D eigenvalue weighted by atomic mass is 10.0. The summed E-state index contributed by atoms with van der Waals surface area (Å²) in [4.78, 5) is 2.82. The number of piperidine rings is 1. The number of rotatable bonds is 2. The van der Waals surface area contributed by atoms with E-state index >= 15 is 0 Å². The van der Waals surface area contributed by atoms with Crippen LogP contribution in [-0.4, -0.2) is 36.1 Å². The van der Waals surface area contributed by atoms with Gasteiger partial charge in [0, 0.05) is 18.1 Å². The van der Waals surface area contributed by atoms with E-state index < -0.39 is 0 Å². The minimum Gasteiger partial charge on any atom is -0.317 e. The van der Waals surface area contributed by atoms with Crippen molar-refractivity contribution in [2.24, 2.45) is 0 Å². The third-order valence-electron chi connectivity index (χ3n) is 4.05. The molecule has 0 aromatic carbocycles. The molecule has 0 spiro atoms. The van der Waals surface area contributed by atoms with E-state index in [4.69, 9.17) is 0 Å². The van der Waals surface area contributed by atoms with Crippen molar-refractivity contribution in [1.29, 1.82) is 0 Å². The molecule has 2 fully saturated rings. The molecule has 0 aliphatic carbocycles. The molecule has 14 heavy (non-hydrogen) atoms. The highest BCUT2D eigenvalue weighted by Crippen LogP contribution is 2.30. The highest BCUT2D eigenvalue weighted by atomic mass is 15.2. The second-order valence-corrected chi connectivity index (χ2v) is 4.92. The molecular weight excluding hydrogens is 172 g/mol. The van der Waals surface area contributed by atoms with Gasteiger partial charge in [0.05, 0.1) is 0 Å². The van der Waals surface area contributed by atoms with Gasteiger partial charge in [0.25, 0.3) is 0 Å². The van der Waals surface area contributed by atoms with Crippen LogP contribution >= 0.6 is 0 Å². The molecule has 2 unspecified atom stereocenters. The van der Waals surface area contributed by atoms with E-state index in [-0.39, 0.29) is 0 Å². The molecule has 2 aliphatic heterocycles. The average Bonchev–Trinajstić information content (AvgIpc) is 2.61. The van der Waals surface area contributed by atoms with Crippen molar-refractivity contribution in [1.82, 2.24) is 10.2 Å². The van der Waals surface area contributed by atoms with Crippen molar-refractivity contribution in [3.05, 3.63) is 0 Å². The quantitative estimate of drug-likeness (QED) is 0.726. The lowest BCUT2D eigenvalue weighted by Gasteiger charge is -2.38. The molecule has 82 valence electrons. The Kier molecular flexibility index (Phi) is 3.45. The Balaban J connectivity index is 1.98. The minimum atomic E-state index is 0.836. The second-order valence-electron chi connectivity index (χ2n) is 4.92. The Bertz CT molecular complexity index is 175. The van der Waals surface area contributed by atoms with Gasteiger partial charge in [0.2, 0.25) is 0 Å². The van der Waals surface area contributed by atoms with Crippen molar-refractivity contribution in [3.63, 3.8) is 0 Å². The van der Waals surface area contributed by atoms with Crippen LogP contribution in [0.5, 0.6) is 0 Å². The lowest BCUT2D eigenvalue weighted by molar-refractivity contribution is 0.108. The first-order valence-electron chi connectivity index (χ1n) is 6.31. The van der Waals surface area contributed by atoms with Gasteiger partial charge in [-0.25, -0.2) is 0 Å². The molecule has 2 saturated heterocycles. The zero-order chi connectivity index (χ0) is 9.97. The summed E-state index contributed by atoms with van der Waals surface area (Å²) in [6, 6.07) is 2.59. The maximum absolute atomic E-state index is 3.46. The zero-order valence-corrected chi connectivity index (χ0v) is 9.63. The van der Waals surface area contributed by atoms with Crippen molar-refractivity contribution < 1.29 is 0 Å². The van der Waals surface area contributed by atoms with Crippen molar-refractivity contribution >= 4 is 0 Å². The van der Waals surface area contributed by atoms with E-state index in [1.165, 1.54) is 45.2 Å². The van der Waals surface area contributed by atoms with Crippen LogP contribution in [0.3, 0.4) is 0 Å². The summed E-state index contributed by atoms with van der Waals surface area (Å²) < 4.78 is 0. The molecule has 1 N–H and O–H groups in total. The fourth-order valence-corrected chi connectivity index (χ4v) is 3.27. The topological polar surface area (TPSA) is 15.3 Å². The number of likely N-dealkylation sites (tertiary alicyclic amines) is 1. The molecule has 2 heteroatoms. The van der Waals surface area contributed by atoms with E-state index in [1.807, 2.05) is 0 Å². The van der Waals surface area contributed by atoms with Gasteiger partial charge in [-0.3, -0.25) is 4.90 Å². The monoisotopic (exact) mass is 196 g/mol. The summed E-state index contributed by atoms with van der Waals surface area (Å²) in [6.45, 7) is 7.21. The Labute approximate surface area is 88.1 Å². The Morgan fingerprint density at radius 1 is 1.14 bits per heavy atom. The molecule has 0 bridgehead atoms. The molecule has 0 amide bonds. The Morgan fingerprint density at radius 2 is 1.86 bits per heavy atom. The van der Waals surface area contributed by atoms with Crippen LogP contribution < -0.4 is 5.32 Å². The first kappa shape index (κ1) is 10.4. The van der Waals surface area contributed by atoms with Gasteiger partial charge in [-0.1, -0.05) is 6.92 Å². The molecular formula is C12H24N2. The van der Waals surface area contributed by atoms with E-state index in [9.17, 15) is 0 Å². The zero-order valence-electron chi connectivity index (χ0n) is 9.63. The van der Waals surface area contributed by atoms with Crippen LogP contribution in [-0.2, 0) is 0 Å². The summed E-state index contributed by atoms with van der Waals surface area (Å²) in [5.74, 6) is 0. The third-order valence-corrected chi connectivity index (χ3v) is 4.05. The molecule has 2 atom stereocenters. The van der Waals surface area contributed by atoms with Gasteiger partial charge in [0.1, 0.15) is 0 Å². The second kappa shape index (κ2) is 4.63. The van der Waals surface area contributed by atoms with Crippen molar-refractivity contribution in [2.45, 2.75) is 64.1 Å². The van der Waals surface area contributed by atoms with E-state index in [0.717, 1.165) is 18.1 Å². The largest absolute Gasteiger partial charge is 0.317 e. The first-order chi connectivity index (χ1) is 6.83. The maximum atomic E-state index is 3.46. The van der Waals surface area contributed by atoms with Crippen molar-refractivity contribution in [3.8, 4) is 0 Å². The van der Waals surface area contributed by atoms with Crippen LogP contribution in [0, 0.1) is 0 Å². The van der Waals surface area contributed by atoms with Crippen LogP contribution in [0.4, 0.5) is 0 Å². The van der Waals surface area contributed by atoms with E-state index in [2.05, 4.69) is 24.1 Å². The number of nitrogens with zero attached hydrogens (tertiary/aromatic N) is 1. The van der Waals surface area contributed by atoms with Gasteiger partial charge in [-0.2, -0.15) is 0 Å². The predicted octanol–water partition coefficient (Wildman–Crippen LogP) is 2.00. The third kappa shape index (κ3) is 1.96. The van der Waals surface area contributed by atoms with Gasteiger partial charge >= 0.3 is 0 Å². The minimum absolute atomic E-state index is 0.836. The summed E-state index contributed by atoms with van der Waals surface area (Å²) in [5, 5.41) is 3.46. The van der Waals surface area contributed by atoms with Crippen LogP contribution in [0.2, 0.25) is 0 Å². The summed E-state index contributed by atoms with van der Waals surface area (Å²) in [6.07, 6.45) is 6.92. The summed E-state index contributed by atoms with van der Waals surface area (Å²) >= 11 is 0. The summed E-state index contributed by atoms with van der Waals surface area (Å²) in [7, 11) is 0. The number of hydrogen-bond donors (Lipinski definition) is 1. The number of hydrogen-bond acceptors (Lipinski definition) is 2. The molecule has 2 aliphatic rings. The highest BCUT2D eigenvalue weighted by molar-refractivity contribution is 4.90. The van der Waals surface area contributed by atoms with Gasteiger partial charge in [-0.15, -0.1) is 0 Å². The Morgan fingerprint density at radius 3 is 2.50 bits per heavy atom. The number of nitrogens with one attached hydrogen (secondary N) is 1. The first-order valence-corrected chi connectivity index (χ1v) is 6.31. The standard InChI is InChI=1S/C12H24N2/c1-3-11-5-4-10(2)14(11)12-6-8-13-9-7-12/h10-13H,3-9H2,1-2H3. The SMILES string of the molecule is CCC1CCC(C)N1C1CCNCC1. The molecule has 0 aromatic rings. The van der Waals surface area contributed by atoms with E-state index in [0.29, 0.717) is 0 Å². The van der Waals surface area contributed by atoms with Gasteiger partial charge in [0.15, 0.2) is 0 Å². The van der Waals surface area contributed by atoms with E-state index in [1.54, 1.807) is 0 Å². The van der Waals surface area contributed by atoms with Crippen molar-refractivity contribution in [2.75, 3.05) is 13.1 Å². The van der Waals surface area contributed by atoms with Crippen LogP contribution in [0.25, 0.3) is 0 Å². The molecule has 0 aromatic heterocycles. The average molecular weight is 196 g/mol. The maximum Gasteiger partial charge on any atom is 0.0125 e. The summed E-state index contributed by atoms with van der Waals surface area (Å²) in [5.41, 5.74) is 0. The fraction of sp³-hybridized carbons (Fsp3) is 1.00. The molecule has 2 nitrogen and oxygen atoms in total. The Hall–Kier alpha value is -0.0800. The van der Waals surface area contributed by atoms with Gasteiger partial charge in [-0.05, 0) is 52.1 Å². The molecule has 0 radical (unpaired) electrons. The molecule has 2 rings (SSSR count). The highest BCUT2D eigenvalue weighted by Gasteiger charge is 2.34. The van der Waals surface area contributed by atoms with Crippen LogP contribution in [0.1, 0.15) is 46.0 Å². The molecule has 2 heterocycles. The predicted molar refractivity (Wildman–Crippen MR) is 60.5 cm³/mol. The fourth-order valence-electron chi connectivity index (χ4n) is 3.27. The van der Waals surface area contributed by atoms with Gasteiger partial charge < -0.3 is 5.32 Å². The lowest BCUT2D eigenvalue weighted by Crippen LogP contribution is -2.47. The molecule has 0 saturated carbocycles. The normalized spacial score (nSPS) is 36.4. The smallest absolute Gasteiger partial charge is 0.0125 e. The van der Waals surface area contributed by atoms with Crippen LogP contribution in [0.15, 0.2) is 0 Å².